The van der Waals surface area contributed by atoms with Crippen LogP contribution in [0.3, 0.4) is 0 Å². The van der Waals surface area contributed by atoms with E-state index in [0.717, 1.165) is 16.5 Å². The quantitative estimate of drug-likeness (QED) is 0.587. The van der Waals surface area contributed by atoms with Crippen LogP contribution >= 0.6 is 0 Å². The Hall–Kier alpha value is -3.39. The molecule has 8 nitrogen and oxygen atoms in total. The predicted molar refractivity (Wildman–Crippen MR) is 109 cm³/mol. The number of methoxy groups -OCH3 is 3. The summed E-state index contributed by atoms with van der Waals surface area (Å²) < 4.78 is 27.7. The normalized spacial score (nSPS) is 16.0. The van der Waals surface area contributed by atoms with Crippen LogP contribution in [0.4, 0.5) is 0 Å². The van der Waals surface area contributed by atoms with Gasteiger partial charge in [-0.05, 0) is 30.3 Å². The van der Waals surface area contributed by atoms with Gasteiger partial charge < -0.3 is 23.7 Å². The van der Waals surface area contributed by atoms with Gasteiger partial charge in [-0.2, -0.15) is 0 Å². The molecule has 3 heterocycles. The summed E-state index contributed by atoms with van der Waals surface area (Å²) in [5, 5.41) is 0.776. The van der Waals surface area contributed by atoms with Gasteiger partial charge in [0, 0.05) is 18.2 Å². The highest BCUT2D eigenvalue weighted by molar-refractivity contribution is 5.87. The SMILES string of the molecule is COc1cc(-c2cc3ncccc3c(OCC3CC(=O)CO3)n2)cc(OC)c1OC. The zero-order valence-electron chi connectivity index (χ0n) is 17.0. The number of carbonyl (C=O) groups is 1. The molecule has 4 rings (SSSR count). The van der Waals surface area contributed by atoms with Crippen molar-refractivity contribution in [3.8, 4) is 34.4 Å². The Morgan fingerprint density at radius 3 is 2.50 bits per heavy atom. The molecule has 1 saturated heterocycles. The molecule has 0 N–H and O–H groups in total. The van der Waals surface area contributed by atoms with E-state index in [1.54, 1.807) is 27.5 Å². The number of aromatic nitrogens is 2. The molecule has 1 fully saturated rings. The molecule has 0 saturated carbocycles. The standard InChI is InChI=1S/C22H22N2O6/c1-26-19-7-13(8-20(27-2)21(19)28-3)17-10-18-16(5-4-6-23-18)22(24-17)30-12-15-9-14(25)11-29-15/h4-8,10,15H,9,11-12H2,1-3H3. The molecule has 0 bridgehead atoms. The zero-order valence-corrected chi connectivity index (χ0v) is 17.0. The lowest BCUT2D eigenvalue weighted by atomic mass is 10.1. The largest absolute Gasteiger partial charge is 0.493 e. The number of hydrogen-bond acceptors (Lipinski definition) is 8. The molecule has 2 aromatic heterocycles. The van der Waals surface area contributed by atoms with Crippen LogP contribution < -0.4 is 18.9 Å². The average Bonchev–Trinajstić information content (AvgIpc) is 3.21. The maximum atomic E-state index is 11.4. The maximum absolute atomic E-state index is 11.4. The van der Waals surface area contributed by atoms with E-state index in [1.165, 1.54) is 0 Å². The number of nitrogens with zero attached hydrogens (tertiary/aromatic N) is 2. The second-order valence-electron chi connectivity index (χ2n) is 6.78. The Balaban J connectivity index is 1.75. The van der Waals surface area contributed by atoms with Crippen LogP contribution in [0.15, 0.2) is 36.5 Å². The minimum Gasteiger partial charge on any atom is -0.493 e. The van der Waals surface area contributed by atoms with E-state index < -0.39 is 0 Å². The first-order valence-electron chi connectivity index (χ1n) is 9.45. The monoisotopic (exact) mass is 410 g/mol. The summed E-state index contributed by atoms with van der Waals surface area (Å²) in [6.45, 7) is 0.372. The van der Waals surface area contributed by atoms with E-state index >= 15 is 0 Å². The van der Waals surface area contributed by atoms with E-state index in [2.05, 4.69) is 4.98 Å². The van der Waals surface area contributed by atoms with Gasteiger partial charge in [0.15, 0.2) is 17.3 Å². The fourth-order valence-corrected chi connectivity index (χ4v) is 3.39. The highest BCUT2D eigenvalue weighted by atomic mass is 16.5. The van der Waals surface area contributed by atoms with Crippen LogP contribution in [0, 0.1) is 0 Å². The van der Waals surface area contributed by atoms with Crippen molar-refractivity contribution >= 4 is 16.7 Å². The summed E-state index contributed by atoms with van der Waals surface area (Å²) in [7, 11) is 4.68. The third-order valence-corrected chi connectivity index (χ3v) is 4.87. The van der Waals surface area contributed by atoms with Crippen molar-refractivity contribution in [2.45, 2.75) is 12.5 Å². The maximum Gasteiger partial charge on any atom is 0.223 e. The summed E-state index contributed by atoms with van der Waals surface area (Å²) in [5.41, 5.74) is 2.13. The van der Waals surface area contributed by atoms with Crippen molar-refractivity contribution in [1.29, 1.82) is 0 Å². The van der Waals surface area contributed by atoms with Crippen LogP contribution in [0.2, 0.25) is 0 Å². The average molecular weight is 410 g/mol. The number of pyridine rings is 2. The Morgan fingerprint density at radius 2 is 1.87 bits per heavy atom. The molecule has 0 spiro atoms. The van der Waals surface area contributed by atoms with Crippen molar-refractivity contribution in [2.75, 3.05) is 34.5 Å². The van der Waals surface area contributed by atoms with Crippen LogP contribution in [0.25, 0.3) is 22.2 Å². The number of Topliss-reactive ketones (excluding diaryl/α,β-unsaturated/α-hetero) is 1. The van der Waals surface area contributed by atoms with E-state index in [4.69, 9.17) is 28.7 Å². The summed E-state index contributed by atoms with van der Waals surface area (Å²) in [4.78, 5) is 20.6. The number of ether oxygens (including phenoxy) is 5. The molecular formula is C22H22N2O6. The number of ketones is 1. The summed E-state index contributed by atoms with van der Waals surface area (Å²) in [5.74, 6) is 2.05. The predicted octanol–water partition coefficient (Wildman–Crippen LogP) is 3.06. The molecule has 1 unspecified atom stereocenters. The van der Waals surface area contributed by atoms with E-state index in [0.29, 0.717) is 35.2 Å². The Morgan fingerprint density at radius 1 is 1.10 bits per heavy atom. The van der Waals surface area contributed by atoms with E-state index in [1.807, 2.05) is 30.3 Å². The minimum absolute atomic E-state index is 0.0780. The summed E-state index contributed by atoms with van der Waals surface area (Å²) in [6.07, 6.45) is 1.79. The first-order chi connectivity index (χ1) is 14.6. The molecule has 1 atom stereocenters. The van der Waals surface area contributed by atoms with Crippen molar-refractivity contribution < 1.29 is 28.5 Å². The van der Waals surface area contributed by atoms with Gasteiger partial charge in [0.2, 0.25) is 11.6 Å². The highest BCUT2D eigenvalue weighted by Gasteiger charge is 2.24. The molecule has 0 radical (unpaired) electrons. The van der Waals surface area contributed by atoms with Crippen molar-refractivity contribution in [3.05, 3.63) is 36.5 Å². The van der Waals surface area contributed by atoms with Gasteiger partial charge in [-0.15, -0.1) is 0 Å². The number of carbonyl (C=O) groups excluding carboxylic acids is 1. The second kappa shape index (κ2) is 8.54. The van der Waals surface area contributed by atoms with E-state index in [-0.39, 0.29) is 25.1 Å². The van der Waals surface area contributed by atoms with Gasteiger partial charge in [-0.1, -0.05) is 0 Å². The van der Waals surface area contributed by atoms with Crippen molar-refractivity contribution in [3.63, 3.8) is 0 Å². The highest BCUT2D eigenvalue weighted by Crippen LogP contribution is 2.41. The molecular weight excluding hydrogens is 388 g/mol. The molecule has 1 aromatic carbocycles. The lowest BCUT2D eigenvalue weighted by molar-refractivity contribution is -0.117. The third-order valence-electron chi connectivity index (χ3n) is 4.87. The Bertz CT molecular complexity index is 1060. The molecule has 8 heteroatoms. The van der Waals surface area contributed by atoms with Gasteiger partial charge in [-0.3, -0.25) is 9.78 Å². The van der Waals surface area contributed by atoms with Crippen LogP contribution in [-0.2, 0) is 9.53 Å². The smallest absolute Gasteiger partial charge is 0.223 e. The molecule has 0 amide bonds. The number of rotatable bonds is 7. The lowest BCUT2D eigenvalue weighted by Gasteiger charge is -2.16. The van der Waals surface area contributed by atoms with Gasteiger partial charge in [0.05, 0.1) is 44.0 Å². The molecule has 3 aromatic rings. The Labute approximate surface area is 173 Å². The lowest BCUT2D eigenvalue weighted by Crippen LogP contribution is -2.17. The zero-order chi connectivity index (χ0) is 21.1. The van der Waals surface area contributed by atoms with Gasteiger partial charge >= 0.3 is 0 Å². The number of benzene rings is 1. The number of fused-ring (bicyclic) bond motifs is 1. The fourth-order valence-electron chi connectivity index (χ4n) is 3.39. The molecule has 0 aliphatic carbocycles. The molecule has 1 aliphatic heterocycles. The minimum atomic E-state index is -0.268. The third kappa shape index (κ3) is 3.86. The molecule has 156 valence electrons. The summed E-state index contributed by atoms with van der Waals surface area (Å²) >= 11 is 0. The summed E-state index contributed by atoms with van der Waals surface area (Å²) in [6, 6.07) is 9.23. The van der Waals surface area contributed by atoms with Crippen LogP contribution in [0.5, 0.6) is 23.1 Å². The van der Waals surface area contributed by atoms with Crippen molar-refractivity contribution in [1.82, 2.24) is 9.97 Å². The van der Waals surface area contributed by atoms with Gasteiger partial charge in [0.25, 0.3) is 0 Å². The van der Waals surface area contributed by atoms with Crippen LogP contribution in [-0.4, -0.2) is 56.4 Å². The van der Waals surface area contributed by atoms with Gasteiger partial charge in [-0.25, -0.2) is 4.98 Å². The fraction of sp³-hybridized carbons (Fsp3) is 0.318. The van der Waals surface area contributed by atoms with Gasteiger partial charge in [0.1, 0.15) is 13.2 Å². The van der Waals surface area contributed by atoms with Crippen molar-refractivity contribution in [2.24, 2.45) is 0 Å². The number of hydrogen-bond donors (Lipinski definition) is 0. The topological polar surface area (TPSA) is 89.0 Å². The first kappa shape index (κ1) is 19.9. The second-order valence-corrected chi connectivity index (χ2v) is 6.78. The molecule has 30 heavy (non-hydrogen) atoms. The van der Waals surface area contributed by atoms with Crippen LogP contribution in [0.1, 0.15) is 6.42 Å². The Kier molecular flexibility index (Phi) is 5.67. The van der Waals surface area contributed by atoms with E-state index in [9.17, 15) is 4.79 Å². The molecule has 1 aliphatic rings. The first-order valence-corrected chi connectivity index (χ1v) is 9.45.